The van der Waals surface area contributed by atoms with Crippen molar-refractivity contribution in [3.63, 3.8) is 0 Å². The Hall–Kier alpha value is -3.56. The minimum atomic E-state index is -0.810. The number of anilines is 1. The number of nitrogens with zero attached hydrogens (tertiary/aromatic N) is 3. The van der Waals surface area contributed by atoms with Crippen LogP contribution in [0.25, 0.3) is 0 Å². The van der Waals surface area contributed by atoms with Crippen molar-refractivity contribution < 1.29 is 24.2 Å². The molecular formula is C37H47N3O5S. The molecule has 2 bridgehead atoms. The third-order valence-electron chi connectivity index (χ3n) is 9.68. The summed E-state index contributed by atoms with van der Waals surface area (Å²) in [5.41, 5.74) is 1.47. The van der Waals surface area contributed by atoms with Crippen molar-refractivity contribution in [1.29, 1.82) is 0 Å². The van der Waals surface area contributed by atoms with Gasteiger partial charge in [0.25, 0.3) is 0 Å². The van der Waals surface area contributed by atoms with E-state index in [0.717, 1.165) is 31.2 Å². The third kappa shape index (κ3) is 6.11. The molecule has 0 aliphatic carbocycles. The van der Waals surface area contributed by atoms with Crippen molar-refractivity contribution in [3.8, 4) is 5.75 Å². The first-order valence-electron chi connectivity index (χ1n) is 16.6. The van der Waals surface area contributed by atoms with Gasteiger partial charge in [-0.2, -0.15) is 0 Å². The second kappa shape index (κ2) is 14.9. The Morgan fingerprint density at radius 2 is 1.78 bits per heavy atom. The largest absolute Gasteiger partial charge is 0.494 e. The van der Waals surface area contributed by atoms with Crippen LogP contribution in [0.3, 0.4) is 0 Å². The number of unbranched alkanes of at least 4 members (excludes halogenated alkanes) is 2. The molecule has 0 saturated carbocycles. The van der Waals surface area contributed by atoms with E-state index in [-0.39, 0.29) is 36.1 Å². The first kappa shape index (κ1) is 33.8. The molecule has 3 amide bonds. The number of amides is 3. The highest BCUT2D eigenvalue weighted by Crippen LogP contribution is 2.67. The Balaban J connectivity index is 1.56. The first-order valence-corrected chi connectivity index (χ1v) is 17.4. The van der Waals surface area contributed by atoms with Crippen LogP contribution in [0.2, 0.25) is 0 Å². The van der Waals surface area contributed by atoms with E-state index < -0.39 is 28.7 Å². The number of carbonyl (C=O) groups excluding carboxylic acids is 3. The van der Waals surface area contributed by atoms with Crippen molar-refractivity contribution in [2.75, 3.05) is 37.7 Å². The SMILES string of the molecule is C=CCN(CCCCC)C(=O)C1N([C@H](CO)c2ccccc2)C(=O)[C@@H]2[C@H](C(=O)N(CC=C)c3ccc(OCC)cc3)[C@@H]3CCC12S3. The maximum Gasteiger partial charge on any atom is 0.247 e. The summed E-state index contributed by atoms with van der Waals surface area (Å²) in [5, 5.41) is 10.7. The monoisotopic (exact) mass is 645 g/mol. The summed E-state index contributed by atoms with van der Waals surface area (Å²) in [6.07, 6.45) is 7.68. The van der Waals surface area contributed by atoms with Gasteiger partial charge < -0.3 is 24.5 Å². The van der Waals surface area contributed by atoms with E-state index in [1.165, 1.54) is 0 Å². The predicted octanol–water partition coefficient (Wildman–Crippen LogP) is 5.63. The van der Waals surface area contributed by atoms with Gasteiger partial charge in [-0.3, -0.25) is 14.4 Å². The second-order valence-corrected chi connectivity index (χ2v) is 14.0. The molecule has 9 heteroatoms. The number of carbonyl (C=O) groups is 3. The zero-order valence-electron chi connectivity index (χ0n) is 27.1. The van der Waals surface area contributed by atoms with E-state index in [1.807, 2.05) is 66.4 Å². The van der Waals surface area contributed by atoms with Crippen molar-refractivity contribution in [2.45, 2.75) is 68.0 Å². The minimum absolute atomic E-state index is 0.0915. The fraction of sp³-hybridized carbons (Fsp3) is 0.486. The van der Waals surface area contributed by atoms with Gasteiger partial charge in [0.1, 0.15) is 11.8 Å². The quantitative estimate of drug-likeness (QED) is 0.188. The van der Waals surface area contributed by atoms with Crippen LogP contribution in [0.15, 0.2) is 79.9 Å². The van der Waals surface area contributed by atoms with Crippen LogP contribution in [0.5, 0.6) is 5.75 Å². The molecule has 5 rings (SSSR count). The first-order chi connectivity index (χ1) is 22.4. The highest BCUT2D eigenvalue weighted by Gasteiger charge is 2.74. The number of hydrogen-bond donors (Lipinski definition) is 1. The lowest BCUT2D eigenvalue weighted by atomic mass is 9.70. The molecule has 2 aromatic carbocycles. The van der Waals surface area contributed by atoms with Crippen molar-refractivity contribution >= 4 is 35.2 Å². The molecule has 3 fully saturated rings. The number of ether oxygens (including phenoxy) is 1. The molecule has 0 radical (unpaired) electrons. The molecule has 8 nitrogen and oxygen atoms in total. The number of benzene rings is 2. The van der Waals surface area contributed by atoms with Gasteiger partial charge in [-0.05, 0) is 56.0 Å². The van der Waals surface area contributed by atoms with E-state index in [2.05, 4.69) is 20.1 Å². The summed E-state index contributed by atoms with van der Waals surface area (Å²) in [4.78, 5) is 49.4. The maximum atomic E-state index is 14.9. The number of rotatable bonds is 16. The minimum Gasteiger partial charge on any atom is -0.494 e. The molecule has 2 aromatic rings. The Bertz CT molecular complexity index is 1400. The molecule has 1 spiro atoms. The van der Waals surface area contributed by atoms with E-state index in [1.54, 1.807) is 33.7 Å². The van der Waals surface area contributed by atoms with Gasteiger partial charge in [0.15, 0.2) is 0 Å². The number of likely N-dealkylation sites (tertiary alicyclic amines) is 1. The maximum absolute atomic E-state index is 14.9. The third-order valence-corrected chi connectivity index (χ3v) is 11.6. The Labute approximate surface area is 277 Å². The highest BCUT2D eigenvalue weighted by molar-refractivity contribution is 8.02. The molecule has 3 aliphatic heterocycles. The number of fused-ring (bicyclic) bond motifs is 1. The zero-order chi connectivity index (χ0) is 32.8. The van der Waals surface area contributed by atoms with Crippen LogP contribution in [-0.4, -0.2) is 81.5 Å². The lowest BCUT2D eigenvalue weighted by Crippen LogP contribution is -2.56. The van der Waals surface area contributed by atoms with Crippen molar-refractivity contribution in [3.05, 3.63) is 85.5 Å². The van der Waals surface area contributed by atoms with E-state index in [0.29, 0.717) is 37.6 Å². The fourth-order valence-corrected chi connectivity index (χ4v) is 9.90. The van der Waals surface area contributed by atoms with Crippen LogP contribution >= 0.6 is 11.8 Å². The smallest absolute Gasteiger partial charge is 0.247 e. The average Bonchev–Trinajstić information content (AvgIpc) is 3.72. The van der Waals surface area contributed by atoms with Crippen LogP contribution in [0, 0.1) is 11.8 Å². The molecule has 46 heavy (non-hydrogen) atoms. The lowest BCUT2D eigenvalue weighted by Gasteiger charge is -2.40. The molecule has 246 valence electrons. The van der Waals surface area contributed by atoms with E-state index in [4.69, 9.17) is 4.74 Å². The van der Waals surface area contributed by atoms with E-state index >= 15 is 0 Å². The van der Waals surface area contributed by atoms with Crippen LogP contribution in [0.1, 0.15) is 57.6 Å². The van der Waals surface area contributed by atoms with E-state index in [9.17, 15) is 19.5 Å². The van der Waals surface area contributed by atoms with Crippen LogP contribution in [0.4, 0.5) is 5.69 Å². The van der Waals surface area contributed by atoms with Gasteiger partial charge in [0.05, 0.1) is 35.8 Å². The number of aliphatic hydroxyl groups excluding tert-OH is 1. The summed E-state index contributed by atoms with van der Waals surface area (Å²) < 4.78 is 4.84. The fourth-order valence-electron chi connectivity index (χ4n) is 7.71. The van der Waals surface area contributed by atoms with Crippen molar-refractivity contribution in [2.24, 2.45) is 11.8 Å². The van der Waals surface area contributed by atoms with Crippen LogP contribution in [-0.2, 0) is 14.4 Å². The summed E-state index contributed by atoms with van der Waals surface area (Å²) in [7, 11) is 0. The molecular weight excluding hydrogens is 598 g/mol. The molecule has 3 aliphatic rings. The molecule has 6 atom stereocenters. The normalized spacial score (nSPS) is 25.2. The second-order valence-electron chi connectivity index (χ2n) is 12.4. The van der Waals surface area contributed by atoms with Gasteiger partial charge in [0.2, 0.25) is 17.7 Å². The zero-order valence-corrected chi connectivity index (χ0v) is 27.9. The molecule has 3 saturated heterocycles. The number of hydrogen-bond acceptors (Lipinski definition) is 6. The van der Waals surface area contributed by atoms with Crippen LogP contribution < -0.4 is 9.64 Å². The Morgan fingerprint density at radius 1 is 1.07 bits per heavy atom. The average molecular weight is 646 g/mol. The summed E-state index contributed by atoms with van der Waals surface area (Å²) in [6, 6.07) is 15.3. The predicted molar refractivity (Wildman–Crippen MR) is 184 cm³/mol. The summed E-state index contributed by atoms with van der Waals surface area (Å²) in [6.45, 7) is 13.3. The van der Waals surface area contributed by atoms with Gasteiger partial charge in [-0.15, -0.1) is 24.9 Å². The summed E-state index contributed by atoms with van der Waals surface area (Å²) in [5.74, 6) is -1.08. The molecule has 3 heterocycles. The molecule has 0 aromatic heterocycles. The summed E-state index contributed by atoms with van der Waals surface area (Å²) >= 11 is 1.65. The van der Waals surface area contributed by atoms with Crippen molar-refractivity contribution in [1.82, 2.24) is 9.80 Å². The lowest BCUT2D eigenvalue weighted by molar-refractivity contribution is -0.145. The van der Waals surface area contributed by atoms with Gasteiger partial charge >= 0.3 is 0 Å². The highest BCUT2D eigenvalue weighted by atomic mass is 32.2. The standard InChI is InChI=1S/C37H47N3O5S/c1-5-9-13-24-38(22-6-2)36(44)33-37-21-20-30(46-37)31(32(37)35(43)40(33)29(25-41)26-14-11-10-12-15-26)34(42)39(23-7-3)27-16-18-28(19-17-27)45-8-4/h6-7,10-12,14-19,29-33,41H,2-3,5,8-9,13,20-25H2,1,4H3/t29-,30+,31-,32+,33?,37?/m1/s1. The number of aliphatic hydroxyl groups is 1. The van der Waals surface area contributed by atoms with Gasteiger partial charge in [-0.25, -0.2) is 0 Å². The molecule has 1 N–H and O–H groups in total. The van der Waals surface area contributed by atoms with Gasteiger partial charge in [0, 0.05) is 30.6 Å². The number of thioether (sulfide) groups is 1. The topological polar surface area (TPSA) is 90.4 Å². The Kier molecular flexibility index (Phi) is 10.9. The van der Waals surface area contributed by atoms with Gasteiger partial charge in [-0.1, -0.05) is 62.2 Å². The Morgan fingerprint density at radius 3 is 2.41 bits per heavy atom. The molecule has 2 unspecified atom stereocenters.